The molecule has 1 fully saturated rings. The fraction of sp³-hybridized carbons (Fsp3) is 0.684. The van der Waals surface area contributed by atoms with Gasteiger partial charge in [-0.05, 0) is 49.9 Å². The molecule has 4 nitrogen and oxygen atoms in total. The summed E-state index contributed by atoms with van der Waals surface area (Å²) in [7, 11) is -3.32. The fourth-order valence-electron chi connectivity index (χ4n) is 3.15. The van der Waals surface area contributed by atoms with Crippen molar-refractivity contribution in [1.29, 1.82) is 0 Å². The van der Waals surface area contributed by atoms with E-state index < -0.39 is 10.0 Å². The van der Waals surface area contributed by atoms with Crippen molar-refractivity contribution in [3.05, 3.63) is 24.3 Å². The van der Waals surface area contributed by atoms with Gasteiger partial charge in [-0.1, -0.05) is 33.1 Å². The average Bonchev–Trinajstić information content (AvgIpc) is 2.63. The molecule has 0 N–H and O–H groups in total. The Morgan fingerprint density at radius 3 is 1.96 bits per heavy atom. The van der Waals surface area contributed by atoms with Crippen LogP contribution in [0.5, 0.6) is 0 Å². The Bertz CT molecular complexity index is 570. The Labute approximate surface area is 147 Å². The van der Waals surface area contributed by atoms with Crippen LogP contribution in [0.15, 0.2) is 29.2 Å². The molecule has 0 aromatic heterocycles. The van der Waals surface area contributed by atoms with Crippen molar-refractivity contribution in [2.24, 2.45) is 0 Å². The minimum Gasteiger partial charge on any atom is -0.372 e. The van der Waals surface area contributed by atoms with Gasteiger partial charge in [-0.15, -0.1) is 0 Å². The summed E-state index contributed by atoms with van der Waals surface area (Å²) in [5.74, 6) is 0. The van der Waals surface area contributed by atoms with E-state index in [1.165, 1.54) is 12.8 Å². The van der Waals surface area contributed by atoms with Crippen LogP contribution in [0.2, 0.25) is 0 Å². The predicted molar refractivity (Wildman–Crippen MR) is 101 cm³/mol. The van der Waals surface area contributed by atoms with E-state index in [4.69, 9.17) is 0 Å². The molecule has 0 atom stereocenters. The van der Waals surface area contributed by atoms with Gasteiger partial charge in [0, 0.05) is 31.9 Å². The summed E-state index contributed by atoms with van der Waals surface area (Å²) in [6.07, 6.45) is 7.75. The Kier molecular flexibility index (Phi) is 7.56. The Hall–Kier alpha value is -1.07. The van der Waals surface area contributed by atoms with Crippen molar-refractivity contribution < 1.29 is 8.42 Å². The standard InChI is InChI=1S/C19H32N2O2S/c1-3-5-14-20(15-6-4-2)18-10-12-19(13-11-18)24(22,23)21-16-8-7-9-17-21/h10-13H,3-9,14-17H2,1-2H3. The molecule has 1 aliphatic rings. The van der Waals surface area contributed by atoms with E-state index in [0.717, 1.165) is 50.9 Å². The second-order valence-electron chi connectivity index (χ2n) is 6.65. The van der Waals surface area contributed by atoms with Crippen molar-refractivity contribution in [3.63, 3.8) is 0 Å². The number of rotatable bonds is 9. The van der Waals surface area contributed by atoms with Crippen LogP contribution in [0.25, 0.3) is 0 Å². The Morgan fingerprint density at radius 2 is 1.46 bits per heavy atom. The number of piperidine rings is 1. The first kappa shape index (κ1) is 19.3. The topological polar surface area (TPSA) is 40.6 Å². The number of anilines is 1. The maximum absolute atomic E-state index is 12.7. The molecule has 1 heterocycles. The summed E-state index contributed by atoms with van der Waals surface area (Å²) in [6, 6.07) is 7.51. The van der Waals surface area contributed by atoms with E-state index in [0.29, 0.717) is 18.0 Å². The number of nitrogens with zero attached hydrogens (tertiary/aromatic N) is 2. The van der Waals surface area contributed by atoms with Gasteiger partial charge in [0.05, 0.1) is 4.90 Å². The van der Waals surface area contributed by atoms with E-state index in [-0.39, 0.29) is 0 Å². The first-order chi connectivity index (χ1) is 11.6. The molecule has 0 spiro atoms. The molecule has 0 amide bonds. The van der Waals surface area contributed by atoms with Crippen molar-refractivity contribution in [3.8, 4) is 0 Å². The highest BCUT2D eigenvalue weighted by Crippen LogP contribution is 2.24. The lowest BCUT2D eigenvalue weighted by molar-refractivity contribution is 0.346. The van der Waals surface area contributed by atoms with Crippen LogP contribution in [0, 0.1) is 0 Å². The second kappa shape index (κ2) is 9.42. The first-order valence-electron chi connectivity index (χ1n) is 9.44. The molecule has 0 aliphatic carbocycles. The van der Waals surface area contributed by atoms with Crippen LogP contribution in [-0.2, 0) is 10.0 Å². The minimum atomic E-state index is -3.32. The van der Waals surface area contributed by atoms with E-state index in [9.17, 15) is 8.42 Å². The van der Waals surface area contributed by atoms with E-state index in [1.807, 2.05) is 12.1 Å². The number of benzene rings is 1. The van der Waals surface area contributed by atoms with Gasteiger partial charge >= 0.3 is 0 Å². The summed E-state index contributed by atoms with van der Waals surface area (Å²) >= 11 is 0. The quantitative estimate of drug-likeness (QED) is 0.666. The molecule has 136 valence electrons. The van der Waals surface area contributed by atoms with E-state index >= 15 is 0 Å². The Balaban J connectivity index is 2.12. The zero-order chi connectivity index (χ0) is 17.4. The van der Waals surface area contributed by atoms with Gasteiger partial charge in [0.1, 0.15) is 0 Å². The third-order valence-corrected chi connectivity index (χ3v) is 6.63. The normalized spacial score (nSPS) is 16.2. The lowest BCUT2D eigenvalue weighted by Crippen LogP contribution is -2.35. The molecule has 0 bridgehead atoms. The zero-order valence-electron chi connectivity index (χ0n) is 15.2. The third-order valence-electron chi connectivity index (χ3n) is 4.72. The van der Waals surface area contributed by atoms with Crippen LogP contribution >= 0.6 is 0 Å². The average molecular weight is 353 g/mol. The molecule has 0 unspecified atom stereocenters. The summed E-state index contributed by atoms with van der Waals surface area (Å²) in [6.45, 7) is 7.79. The highest BCUT2D eigenvalue weighted by atomic mass is 32.2. The number of unbranched alkanes of at least 4 members (excludes halogenated alkanes) is 2. The van der Waals surface area contributed by atoms with Crippen molar-refractivity contribution in [1.82, 2.24) is 4.31 Å². The molecule has 5 heteroatoms. The van der Waals surface area contributed by atoms with E-state index in [2.05, 4.69) is 18.7 Å². The van der Waals surface area contributed by atoms with Crippen LogP contribution < -0.4 is 4.90 Å². The van der Waals surface area contributed by atoms with Crippen LogP contribution in [0.4, 0.5) is 5.69 Å². The van der Waals surface area contributed by atoms with Gasteiger partial charge in [-0.3, -0.25) is 0 Å². The largest absolute Gasteiger partial charge is 0.372 e. The highest BCUT2D eigenvalue weighted by Gasteiger charge is 2.25. The molecule has 0 saturated carbocycles. The SMILES string of the molecule is CCCCN(CCCC)c1ccc(S(=O)(=O)N2CCCCC2)cc1. The van der Waals surface area contributed by atoms with Crippen LogP contribution in [-0.4, -0.2) is 38.9 Å². The van der Waals surface area contributed by atoms with Crippen molar-refractivity contribution in [2.75, 3.05) is 31.1 Å². The van der Waals surface area contributed by atoms with Gasteiger partial charge in [0.2, 0.25) is 10.0 Å². The Morgan fingerprint density at radius 1 is 0.917 bits per heavy atom. The van der Waals surface area contributed by atoms with Gasteiger partial charge in [0.25, 0.3) is 0 Å². The summed E-state index contributed by atoms with van der Waals surface area (Å²) in [5.41, 5.74) is 1.13. The lowest BCUT2D eigenvalue weighted by Gasteiger charge is -2.27. The molecule has 1 aromatic rings. The van der Waals surface area contributed by atoms with Gasteiger partial charge in [-0.2, -0.15) is 4.31 Å². The van der Waals surface area contributed by atoms with Gasteiger partial charge < -0.3 is 4.90 Å². The summed E-state index contributed by atoms with van der Waals surface area (Å²) in [5, 5.41) is 0. The smallest absolute Gasteiger partial charge is 0.243 e. The number of hydrogen-bond acceptors (Lipinski definition) is 3. The first-order valence-corrected chi connectivity index (χ1v) is 10.9. The molecule has 2 rings (SSSR count). The van der Waals surface area contributed by atoms with E-state index in [1.54, 1.807) is 16.4 Å². The maximum atomic E-state index is 12.7. The third kappa shape index (κ3) is 4.96. The molecule has 1 saturated heterocycles. The van der Waals surface area contributed by atoms with Crippen molar-refractivity contribution >= 4 is 15.7 Å². The minimum absolute atomic E-state index is 0.430. The monoisotopic (exact) mass is 352 g/mol. The highest BCUT2D eigenvalue weighted by molar-refractivity contribution is 7.89. The van der Waals surface area contributed by atoms with Crippen LogP contribution in [0.3, 0.4) is 0 Å². The van der Waals surface area contributed by atoms with Crippen LogP contribution in [0.1, 0.15) is 58.8 Å². The maximum Gasteiger partial charge on any atom is 0.243 e. The summed E-state index contributed by atoms with van der Waals surface area (Å²) in [4.78, 5) is 2.81. The van der Waals surface area contributed by atoms with Gasteiger partial charge in [-0.25, -0.2) is 8.42 Å². The molecular formula is C19H32N2O2S. The summed E-state index contributed by atoms with van der Waals surface area (Å²) < 4.78 is 27.1. The molecule has 24 heavy (non-hydrogen) atoms. The fourth-order valence-corrected chi connectivity index (χ4v) is 4.67. The lowest BCUT2D eigenvalue weighted by atomic mass is 10.2. The molecule has 1 aromatic carbocycles. The molecular weight excluding hydrogens is 320 g/mol. The zero-order valence-corrected chi connectivity index (χ0v) is 16.0. The molecule has 0 radical (unpaired) electrons. The second-order valence-corrected chi connectivity index (χ2v) is 8.59. The molecule has 1 aliphatic heterocycles. The number of sulfonamides is 1. The number of hydrogen-bond donors (Lipinski definition) is 0. The van der Waals surface area contributed by atoms with Crippen molar-refractivity contribution in [2.45, 2.75) is 63.7 Å². The predicted octanol–water partition coefficient (Wildman–Crippen LogP) is 4.27. The van der Waals surface area contributed by atoms with Gasteiger partial charge in [0.15, 0.2) is 0 Å².